The molecule has 0 spiro atoms. The largest absolute Gasteiger partial charge is 0.480 e. The van der Waals surface area contributed by atoms with E-state index < -0.39 is 6.10 Å². The summed E-state index contributed by atoms with van der Waals surface area (Å²) in [6.45, 7) is 0.468. The number of rotatable bonds is 4. The van der Waals surface area contributed by atoms with Crippen molar-refractivity contribution in [3.05, 3.63) is 62.6 Å². The maximum atomic E-state index is 12.2. The smallest absolute Gasteiger partial charge is 0.261 e. The average molecular weight is 371 g/mol. The van der Waals surface area contributed by atoms with Crippen LogP contribution < -0.4 is 10.1 Å². The Labute approximate surface area is 149 Å². The third-order valence-electron chi connectivity index (χ3n) is 3.71. The maximum Gasteiger partial charge on any atom is 0.261 e. The predicted octanol–water partition coefficient (Wildman–Crippen LogP) is 4.31. The minimum absolute atomic E-state index is 0.143. The lowest BCUT2D eigenvalue weighted by molar-refractivity contribution is -0.127. The molecule has 2 aromatic carbocycles. The van der Waals surface area contributed by atoms with E-state index in [2.05, 4.69) is 5.32 Å². The molecule has 0 saturated carbocycles. The Kier molecular flexibility index (Phi) is 5.00. The van der Waals surface area contributed by atoms with Crippen LogP contribution in [0.4, 0.5) is 0 Å². The monoisotopic (exact) mass is 369 g/mol. The normalized spacial score (nSPS) is 15.9. The van der Waals surface area contributed by atoms with Crippen molar-refractivity contribution in [3.63, 3.8) is 0 Å². The van der Waals surface area contributed by atoms with Crippen LogP contribution in [0.1, 0.15) is 11.1 Å². The van der Waals surface area contributed by atoms with Gasteiger partial charge in [0.1, 0.15) is 5.75 Å². The van der Waals surface area contributed by atoms with Gasteiger partial charge < -0.3 is 10.1 Å². The molecule has 1 atom stereocenters. The maximum absolute atomic E-state index is 12.2. The molecule has 1 unspecified atom stereocenters. The average Bonchev–Trinajstić information content (AvgIpc) is 2.94. The number of hydrogen-bond donors (Lipinski definition) is 1. The molecule has 3 nitrogen and oxygen atoms in total. The highest BCUT2D eigenvalue weighted by Gasteiger charge is 2.28. The van der Waals surface area contributed by atoms with E-state index in [1.807, 2.05) is 18.2 Å². The number of fused-ring (bicyclic) bond motifs is 1. The van der Waals surface area contributed by atoms with Crippen molar-refractivity contribution < 1.29 is 9.53 Å². The molecule has 6 heteroatoms. The van der Waals surface area contributed by atoms with E-state index >= 15 is 0 Å². The lowest BCUT2D eigenvalue weighted by atomic mass is 10.1. The van der Waals surface area contributed by atoms with Gasteiger partial charge in [0.05, 0.1) is 10.0 Å². The van der Waals surface area contributed by atoms with E-state index in [0.717, 1.165) is 11.1 Å². The van der Waals surface area contributed by atoms with Crippen LogP contribution in [-0.4, -0.2) is 18.6 Å². The molecule has 0 radical (unpaired) electrons. The van der Waals surface area contributed by atoms with Crippen LogP contribution in [0.15, 0.2) is 36.4 Å². The number of ether oxygens (including phenoxy) is 1. The lowest BCUT2D eigenvalue weighted by Gasteiger charge is -2.12. The molecule has 2 aromatic rings. The van der Waals surface area contributed by atoms with Gasteiger partial charge in [0, 0.05) is 18.0 Å². The van der Waals surface area contributed by atoms with Gasteiger partial charge in [-0.2, -0.15) is 0 Å². The van der Waals surface area contributed by atoms with Crippen LogP contribution >= 0.6 is 34.8 Å². The van der Waals surface area contributed by atoms with Gasteiger partial charge in [-0.05, 0) is 41.8 Å². The minimum atomic E-state index is -0.515. The zero-order valence-electron chi connectivity index (χ0n) is 12.1. The van der Waals surface area contributed by atoms with Crippen LogP contribution in [0.25, 0.3) is 0 Å². The molecular weight excluding hydrogens is 357 g/mol. The molecule has 23 heavy (non-hydrogen) atoms. The highest BCUT2D eigenvalue weighted by molar-refractivity contribution is 6.42. The number of nitrogens with one attached hydrogen (secondary N) is 1. The summed E-state index contributed by atoms with van der Waals surface area (Å²) in [6.07, 6.45) is 0.620. The summed E-state index contributed by atoms with van der Waals surface area (Å²) in [5.74, 6) is 0.572. The second-order valence-electron chi connectivity index (χ2n) is 5.32. The van der Waals surface area contributed by atoms with E-state index in [1.165, 1.54) is 0 Å². The first-order chi connectivity index (χ1) is 11.0. The molecule has 0 bridgehead atoms. The standard InChI is InChI=1S/C17H14Cl3NO2/c18-12-4-5-14-11(8-12)9-15(23-14)17(22)21-7-6-10-2-1-3-13(19)16(10)20/h1-5,8,15H,6-7,9H2,(H,21,22). The van der Waals surface area contributed by atoms with E-state index in [4.69, 9.17) is 39.5 Å². The van der Waals surface area contributed by atoms with Crippen molar-refractivity contribution in [2.45, 2.75) is 18.9 Å². The van der Waals surface area contributed by atoms with Crippen molar-refractivity contribution in [2.75, 3.05) is 6.54 Å². The Morgan fingerprint density at radius 3 is 2.87 bits per heavy atom. The van der Waals surface area contributed by atoms with E-state index in [-0.39, 0.29) is 5.91 Å². The summed E-state index contributed by atoms with van der Waals surface area (Å²) in [5.41, 5.74) is 1.86. The zero-order valence-corrected chi connectivity index (χ0v) is 14.4. The Morgan fingerprint density at radius 2 is 2.04 bits per heavy atom. The summed E-state index contributed by atoms with van der Waals surface area (Å²) in [5, 5.41) is 4.56. The highest BCUT2D eigenvalue weighted by Crippen LogP contribution is 2.31. The van der Waals surface area contributed by atoms with Gasteiger partial charge in [-0.3, -0.25) is 4.79 Å². The minimum Gasteiger partial charge on any atom is -0.480 e. The van der Waals surface area contributed by atoms with E-state index in [9.17, 15) is 4.79 Å². The summed E-state index contributed by atoms with van der Waals surface area (Å²) in [7, 11) is 0. The van der Waals surface area contributed by atoms with Crippen LogP contribution in [-0.2, 0) is 17.6 Å². The quantitative estimate of drug-likeness (QED) is 0.871. The molecular formula is C17H14Cl3NO2. The number of carbonyl (C=O) groups excluding carboxylic acids is 1. The van der Waals surface area contributed by atoms with Gasteiger partial charge in [0.25, 0.3) is 5.91 Å². The van der Waals surface area contributed by atoms with Crippen LogP contribution in [0, 0.1) is 0 Å². The first-order valence-corrected chi connectivity index (χ1v) is 8.33. The van der Waals surface area contributed by atoms with Crippen LogP contribution in [0.5, 0.6) is 5.75 Å². The molecule has 120 valence electrons. The van der Waals surface area contributed by atoms with Crippen molar-refractivity contribution in [1.82, 2.24) is 5.32 Å². The fourth-order valence-corrected chi connectivity index (χ4v) is 3.15. The molecule has 1 heterocycles. The molecule has 1 amide bonds. The van der Waals surface area contributed by atoms with Crippen molar-refractivity contribution in [2.24, 2.45) is 0 Å². The zero-order chi connectivity index (χ0) is 16.4. The Morgan fingerprint density at radius 1 is 1.22 bits per heavy atom. The molecule has 1 aliphatic rings. The summed E-state index contributed by atoms with van der Waals surface area (Å²) < 4.78 is 5.65. The van der Waals surface area contributed by atoms with E-state index in [0.29, 0.717) is 40.2 Å². The van der Waals surface area contributed by atoms with Gasteiger partial charge in [-0.25, -0.2) is 0 Å². The Bertz CT molecular complexity index is 749. The fourth-order valence-electron chi connectivity index (χ4n) is 2.54. The van der Waals surface area contributed by atoms with Crippen LogP contribution in [0.3, 0.4) is 0 Å². The predicted molar refractivity (Wildman–Crippen MR) is 92.7 cm³/mol. The lowest BCUT2D eigenvalue weighted by Crippen LogP contribution is -2.38. The number of carbonyl (C=O) groups is 1. The number of hydrogen-bond acceptors (Lipinski definition) is 2. The fraction of sp³-hybridized carbons (Fsp3) is 0.235. The second-order valence-corrected chi connectivity index (χ2v) is 6.54. The Balaban J connectivity index is 1.54. The van der Waals surface area contributed by atoms with Crippen molar-refractivity contribution in [1.29, 1.82) is 0 Å². The molecule has 0 aliphatic carbocycles. The SMILES string of the molecule is O=C(NCCc1cccc(Cl)c1Cl)C1Cc2cc(Cl)ccc2O1. The molecule has 1 aliphatic heterocycles. The second kappa shape index (κ2) is 7.00. The van der Waals surface area contributed by atoms with Gasteiger partial charge in [0.2, 0.25) is 0 Å². The number of amides is 1. The topological polar surface area (TPSA) is 38.3 Å². The molecule has 0 aromatic heterocycles. The molecule has 3 rings (SSSR count). The summed E-state index contributed by atoms with van der Waals surface area (Å²) >= 11 is 18.1. The van der Waals surface area contributed by atoms with Crippen molar-refractivity contribution >= 4 is 40.7 Å². The van der Waals surface area contributed by atoms with Crippen LogP contribution in [0.2, 0.25) is 15.1 Å². The van der Waals surface area contributed by atoms with Gasteiger partial charge in [0.15, 0.2) is 6.10 Å². The number of benzene rings is 2. The molecule has 0 saturated heterocycles. The first kappa shape index (κ1) is 16.4. The van der Waals surface area contributed by atoms with Gasteiger partial charge >= 0.3 is 0 Å². The van der Waals surface area contributed by atoms with Crippen molar-refractivity contribution in [3.8, 4) is 5.75 Å². The molecule has 0 fully saturated rings. The highest BCUT2D eigenvalue weighted by atomic mass is 35.5. The number of halogens is 3. The van der Waals surface area contributed by atoms with Gasteiger partial charge in [-0.1, -0.05) is 46.9 Å². The molecule has 1 N–H and O–H groups in total. The summed E-state index contributed by atoms with van der Waals surface area (Å²) in [4.78, 5) is 12.2. The first-order valence-electron chi connectivity index (χ1n) is 7.20. The van der Waals surface area contributed by atoms with E-state index in [1.54, 1.807) is 18.2 Å². The third-order valence-corrected chi connectivity index (χ3v) is 4.81. The van der Waals surface area contributed by atoms with Gasteiger partial charge in [-0.15, -0.1) is 0 Å². The Hall–Kier alpha value is -1.42. The summed E-state index contributed by atoms with van der Waals surface area (Å²) in [6, 6.07) is 10.8. The third kappa shape index (κ3) is 3.74.